The van der Waals surface area contributed by atoms with Crippen LogP contribution in [0.3, 0.4) is 0 Å². The van der Waals surface area contributed by atoms with Gasteiger partial charge in [-0.1, -0.05) is 18.2 Å². The molecule has 0 aliphatic rings. The van der Waals surface area contributed by atoms with Crippen LogP contribution in [0.4, 0.5) is 0 Å². The van der Waals surface area contributed by atoms with Crippen molar-refractivity contribution in [1.29, 1.82) is 0 Å². The summed E-state index contributed by atoms with van der Waals surface area (Å²) in [6.07, 6.45) is 1.58. The molecule has 0 aliphatic heterocycles. The van der Waals surface area contributed by atoms with Crippen LogP contribution in [0.5, 0.6) is 17.2 Å². The van der Waals surface area contributed by atoms with Gasteiger partial charge >= 0.3 is 5.97 Å². The fourth-order valence-electron chi connectivity index (χ4n) is 2.35. The van der Waals surface area contributed by atoms with Crippen LogP contribution in [-0.4, -0.2) is 31.4 Å². The number of methoxy groups -OCH3 is 2. The lowest BCUT2D eigenvalue weighted by Crippen LogP contribution is -2.07. The Hall–Kier alpha value is -2.95. The first-order valence-corrected chi connectivity index (χ1v) is 7.88. The monoisotopic (exact) mass is 342 g/mol. The summed E-state index contributed by atoms with van der Waals surface area (Å²) in [5.41, 5.74) is 1.44. The van der Waals surface area contributed by atoms with Gasteiger partial charge < -0.3 is 19.3 Å². The predicted molar refractivity (Wildman–Crippen MR) is 97.3 cm³/mol. The minimum atomic E-state index is -1.02. The van der Waals surface area contributed by atoms with E-state index in [1.807, 2.05) is 13.8 Å². The molecule has 1 N–H and O–H groups in total. The zero-order valence-electron chi connectivity index (χ0n) is 14.8. The molecule has 2 aromatic carbocycles. The summed E-state index contributed by atoms with van der Waals surface area (Å²) in [5.74, 6) is 0.754. The van der Waals surface area contributed by atoms with Crippen LogP contribution < -0.4 is 14.2 Å². The van der Waals surface area contributed by atoms with E-state index < -0.39 is 5.97 Å². The van der Waals surface area contributed by atoms with E-state index in [2.05, 4.69) is 0 Å². The van der Waals surface area contributed by atoms with Gasteiger partial charge in [-0.05, 0) is 55.3 Å². The van der Waals surface area contributed by atoms with Crippen molar-refractivity contribution >= 4 is 17.6 Å². The molecule has 0 radical (unpaired) electrons. The van der Waals surface area contributed by atoms with Crippen molar-refractivity contribution in [2.75, 3.05) is 14.2 Å². The maximum absolute atomic E-state index is 11.7. The van der Waals surface area contributed by atoms with Crippen molar-refractivity contribution in [2.24, 2.45) is 0 Å². The molecule has 0 aliphatic carbocycles. The fourth-order valence-corrected chi connectivity index (χ4v) is 2.35. The molecule has 0 saturated carbocycles. The van der Waals surface area contributed by atoms with Crippen LogP contribution >= 0.6 is 0 Å². The standard InChI is InChI=1S/C20H22O5/c1-13(2)25-19-11-14(8-9-18(19)24-4)10-17(20(21)22)15-6-5-7-16(12-15)23-3/h5-13H,1-4H3,(H,21,22)/b17-10-. The first-order chi connectivity index (χ1) is 11.9. The SMILES string of the molecule is COc1cccc(/C(=C/c2ccc(OC)c(OC(C)C)c2)C(=O)O)c1. The number of hydrogen-bond donors (Lipinski definition) is 1. The number of carbonyl (C=O) groups is 1. The van der Waals surface area contributed by atoms with E-state index in [0.717, 1.165) is 0 Å². The van der Waals surface area contributed by atoms with E-state index in [9.17, 15) is 9.90 Å². The number of benzene rings is 2. The first-order valence-electron chi connectivity index (χ1n) is 7.88. The quantitative estimate of drug-likeness (QED) is 0.606. The van der Waals surface area contributed by atoms with Gasteiger partial charge in [0.25, 0.3) is 0 Å². The molecule has 0 spiro atoms. The van der Waals surface area contributed by atoms with E-state index in [1.54, 1.807) is 62.8 Å². The lowest BCUT2D eigenvalue weighted by molar-refractivity contribution is -0.130. The molecule has 0 fully saturated rings. The topological polar surface area (TPSA) is 65.0 Å². The molecular weight excluding hydrogens is 320 g/mol. The van der Waals surface area contributed by atoms with Crippen LogP contribution in [0.1, 0.15) is 25.0 Å². The van der Waals surface area contributed by atoms with Gasteiger partial charge in [-0.3, -0.25) is 0 Å². The van der Waals surface area contributed by atoms with Crippen LogP contribution in [0.2, 0.25) is 0 Å². The minimum absolute atomic E-state index is 0.0227. The summed E-state index contributed by atoms with van der Waals surface area (Å²) in [4.78, 5) is 11.7. The smallest absolute Gasteiger partial charge is 0.336 e. The molecule has 25 heavy (non-hydrogen) atoms. The van der Waals surface area contributed by atoms with Gasteiger partial charge in [0.2, 0.25) is 0 Å². The van der Waals surface area contributed by atoms with E-state index in [4.69, 9.17) is 14.2 Å². The van der Waals surface area contributed by atoms with Gasteiger partial charge in [-0.25, -0.2) is 4.79 Å². The molecule has 0 aromatic heterocycles. The highest BCUT2D eigenvalue weighted by molar-refractivity contribution is 6.20. The zero-order chi connectivity index (χ0) is 18.4. The average molecular weight is 342 g/mol. The molecular formula is C20H22O5. The highest BCUT2D eigenvalue weighted by Crippen LogP contribution is 2.31. The van der Waals surface area contributed by atoms with Gasteiger partial charge in [0.15, 0.2) is 11.5 Å². The lowest BCUT2D eigenvalue weighted by Gasteiger charge is -2.14. The van der Waals surface area contributed by atoms with Gasteiger partial charge in [-0.15, -0.1) is 0 Å². The van der Waals surface area contributed by atoms with Crippen LogP contribution in [0.15, 0.2) is 42.5 Å². The maximum atomic E-state index is 11.7. The van der Waals surface area contributed by atoms with Gasteiger partial charge in [-0.2, -0.15) is 0 Å². The van der Waals surface area contributed by atoms with Gasteiger partial charge in [0.1, 0.15) is 5.75 Å². The summed E-state index contributed by atoms with van der Waals surface area (Å²) in [5, 5.41) is 9.60. The summed E-state index contributed by atoms with van der Waals surface area (Å²) < 4.78 is 16.2. The van der Waals surface area contributed by atoms with E-state index >= 15 is 0 Å². The fraction of sp³-hybridized carbons (Fsp3) is 0.250. The molecule has 0 bridgehead atoms. The van der Waals surface area contributed by atoms with Crippen molar-refractivity contribution in [3.63, 3.8) is 0 Å². The lowest BCUT2D eigenvalue weighted by atomic mass is 10.0. The second-order valence-electron chi connectivity index (χ2n) is 5.67. The molecule has 0 atom stereocenters. The first kappa shape index (κ1) is 18.4. The highest BCUT2D eigenvalue weighted by atomic mass is 16.5. The molecule has 0 saturated heterocycles. The Morgan fingerprint density at radius 2 is 1.80 bits per heavy atom. The molecule has 5 heteroatoms. The zero-order valence-corrected chi connectivity index (χ0v) is 14.8. The summed E-state index contributed by atoms with van der Waals surface area (Å²) in [6, 6.07) is 12.3. The largest absolute Gasteiger partial charge is 0.497 e. The third kappa shape index (κ3) is 4.76. The van der Waals surface area contributed by atoms with E-state index in [-0.39, 0.29) is 11.7 Å². The van der Waals surface area contributed by atoms with Crippen LogP contribution in [0.25, 0.3) is 11.6 Å². The Kier molecular flexibility index (Phi) is 6.06. The molecule has 132 valence electrons. The van der Waals surface area contributed by atoms with Crippen molar-refractivity contribution in [3.05, 3.63) is 53.6 Å². The molecule has 0 unspecified atom stereocenters. The van der Waals surface area contributed by atoms with Gasteiger partial charge in [0.05, 0.1) is 25.9 Å². The number of rotatable bonds is 7. The Labute approximate surface area is 147 Å². The van der Waals surface area contributed by atoms with E-state index in [1.165, 1.54) is 0 Å². The van der Waals surface area contributed by atoms with Gasteiger partial charge in [0, 0.05) is 0 Å². The summed E-state index contributed by atoms with van der Waals surface area (Å²) >= 11 is 0. The number of carboxylic acid groups (broad SMARTS) is 1. The third-order valence-electron chi connectivity index (χ3n) is 3.47. The van der Waals surface area contributed by atoms with Crippen molar-refractivity contribution in [2.45, 2.75) is 20.0 Å². The second kappa shape index (κ2) is 8.24. The van der Waals surface area contributed by atoms with Crippen molar-refractivity contribution in [1.82, 2.24) is 0 Å². The Bertz CT molecular complexity index is 777. The Morgan fingerprint density at radius 3 is 2.40 bits per heavy atom. The van der Waals surface area contributed by atoms with Crippen LogP contribution in [0, 0.1) is 0 Å². The third-order valence-corrected chi connectivity index (χ3v) is 3.47. The summed E-state index contributed by atoms with van der Waals surface area (Å²) in [6.45, 7) is 3.84. The van der Waals surface area contributed by atoms with Crippen molar-refractivity contribution < 1.29 is 24.1 Å². The highest BCUT2D eigenvalue weighted by Gasteiger charge is 2.13. The van der Waals surface area contributed by atoms with E-state index in [0.29, 0.717) is 28.4 Å². The van der Waals surface area contributed by atoms with Crippen molar-refractivity contribution in [3.8, 4) is 17.2 Å². The normalized spacial score (nSPS) is 11.3. The Balaban J connectivity index is 2.48. The van der Waals surface area contributed by atoms with Crippen LogP contribution in [-0.2, 0) is 4.79 Å². The Morgan fingerprint density at radius 1 is 1.04 bits per heavy atom. The predicted octanol–water partition coefficient (Wildman–Crippen LogP) is 4.12. The molecule has 0 heterocycles. The molecule has 5 nitrogen and oxygen atoms in total. The molecule has 0 amide bonds. The maximum Gasteiger partial charge on any atom is 0.336 e. The minimum Gasteiger partial charge on any atom is -0.497 e. The second-order valence-corrected chi connectivity index (χ2v) is 5.67. The molecule has 2 aromatic rings. The number of aliphatic carboxylic acids is 1. The average Bonchev–Trinajstić information content (AvgIpc) is 2.59. The summed E-state index contributed by atoms with van der Waals surface area (Å²) in [7, 11) is 3.11. The molecule has 2 rings (SSSR count). The number of hydrogen-bond acceptors (Lipinski definition) is 4. The number of ether oxygens (including phenoxy) is 3. The number of carboxylic acids is 1.